The van der Waals surface area contributed by atoms with Crippen molar-refractivity contribution in [1.82, 2.24) is 4.98 Å². The van der Waals surface area contributed by atoms with E-state index in [0.29, 0.717) is 5.25 Å². The molecule has 1 aliphatic rings. The van der Waals surface area contributed by atoms with Gasteiger partial charge in [0.1, 0.15) is 5.03 Å². The Labute approximate surface area is 112 Å². The molecule has 2 nitrogen and oxygen atoms in total. The summed E-state index contributed by atoms with van der Waals surface area (Å²) in [7, 11) is 0. The third-order valence-corrected chi connectivity index (χ3v) is 5.10. The minimum atomic E-state index is 0.276. The van der Waals surface area contributed by atoms with E-state index in [2.05, 4.69) is 4.98 Å². The van der Waals surface area contributed by atoms with Crippen LogP contribution >= 0.6 is 23.4 Å². The lowest BCUT2D eigenvalue weighted by Crippen LogP contribution is -2.33. The Morgan fingerprint density at radius 2 is 2.00 bits per heavy atom. The van der Waals surface area contributed by atoms with Crippen molar-refractivity contribution in [3.63, 3.8) is 0 Å². The first kappa shape index (κ1) is 13.2. The fraction of sp³-hybridized carbons (Fsp3) is 0.615. The van der Waals surface area contributed by atoms with Crippen LogP contribution in [0.2, 0.25) is 5.02 Å². The standard InChI is InChI=1S/C13H19ClN2S/c14-10-6-5-9-16-13(10)17-12-8-4-2-1-3-7-11(12)15/h5-6,9,11-12H,1-4,7-8,15H2. The summed E-state index contributed by atoms with van der Waals surface area (Å²) < 4.78 is 0. The van der Waals surface area contributed by atoms with Crippen molar-refractivity contribution in [2.75, 3.05) is 0 Å². The Bertz CT molecular complexity index is 359. The Kier molecular flexibility index (Phi) is 5.14. The number of rotatable bonds is 2. The van der Waals surface area contributed by atoms with Gasteiger partial charge in [-0.25, -0.2) is 4.98 Å². The van der Waals surface area contributed by atoms with E-state index < -0.39 is 0 Å². The first-order chi connectivity index (χ1) is 8.27. The van der Waals surface area contributed by atoms with Crippen LogP contribution in [-0.2, 0) is 0 Å². The molecule has 0 spiro atoms. The van der Waals surface area contributed by atoms with E-state index in [1.807, 2.05) is 12.1 Å². The highest BCUT2D eigenvalue weighted by Gasteiger charge is 2.21. The lowest BCUT2D eigenvalue weighted by molar-refractivity contribution is 0.463. The number of halogens is 1. The van der Waals surface area contributed by atoms with E-state index >= 15 is 0 Å². The molecule has 1 aliphatic carbocycles. The maximum Gasteiger partial charge on any atom is 0.115 e. The molecular weight excluding hydrogens is 252 g/mol. The second-order valence-corrected chi connectivity index (χ2v) is 6.24. The zero-order valence-corrected chi connectivity index (χ0v) is 11.5. The van der Waals surface area contributed by atoms with Crippen molar-refractivity contribution in [2.45, 2.75) is 54.8 Å². The van der Waals surface area contributed by atoms with Gasteiger partial charge in [-0.15, -0.1) is 0 Å². The van der Waals surface area contributed by atoms with Gasteiger partial charge >= 0.3 is 0 Å². The third kappa shape index (κ3) is 3.87. The highest BCUT2D eigenvalue weighted by molar-refractivity contribution is 8.00. The minimum absolute atomic E-state index is 0.276. The van der Waals surface area contributed by atoms with Gasteiger partial charge in [-0.05, 0) is 25.0 Å². The molecule has 0 aliphatic heterocycles. The van der Waals surface area contributed by atoms with Gasteiger partial charge in [0, 0.05) is 17.5 Å². The first-order valence-electron chi connectivity index (χ1n) is 6.30. The smallest absolute Gasteiger partial charge is 0.115 e. The van der Waals surface area contributed by atoms with E-state index in [9.17, 15) is 0 Å². The number of thioether (sulfide) groups is 1. The number of nitrogens with zero attached hydrogens (tertiary/aromatic N) is 1. The molecule has 0 aromatic carbocycles. The second-order valence-electron chi connectivity index (χ2n) is 4.60. The summed E-state index contributed by atoms with van der Waals surface area (Å²) >= 11 is 7.89. The van der Waals surface area contributed by atoms with Gasteiger partial charge in [-0.1, -0.05) is 49.0 Å². The Morgan fingerprint density at radius 1 is 1.24 bits per heavy atom. The topological polar surface area (TPSA) is 38.9 Å². The van der Waals surface area contributed by atoms with Crippen LogP contribution in [-0.4, -0.2) is 16.3 Å². The van der Waals surface area contributed by atoms with Crippen molar-refractivity contribution in [1.29, 1.82) is 0 Å². The largest absolute Gasteiger partial charge is 0.327 e. The molecule has 2 N–H and O–H groups in total. The summed E-state index contributed by atoms with van der Waals surface area (Å²) in [5, 5.41) is 2.13. The van der Waals surface area contributed by atoms with Crippen molar-refractivity contribution < 1.29 is 0 Å². The van der Waals surface area contributed by atoms with Crippen molar-refractivity contribution in [2.24, 2.45) is 5.73 Å². The predicted octanol–water partition coefficient (Wildman–Crippen LogP) is 3.88. The molecule has 17 heavy (non-hydrogen) atoms. The molecule has 94 valence electrons. The average molecular weight is 271 g/mol. The van der Waals surface area contributed by atoms with E-state index in [1.54, 1.807) is 18.0 Å². The monoisotopic (exact) mass is 270 g/mol. The van der Waals surface area contributed by atoms with Crippen LogP contribution in [0.4, 0.5) is 0 Å². The maximum atomic E-state index is 6.25. The van der Waals surface area contributed by atoms with Gasteiger partial charge in [0.25, 0.3) is 0 Å². The normalized spacial score (nSPS) is 26.2. The third-order valence-electron chi connectivity index (χ3n) is 3.24. The second kappa shape index (κ2) is 6.62. The van der Waals surface area contributed by atoms with Gasteiger partial charge in [0.15, 0.2) is 0 Å². The maximum absolute atomic E-state index is 6.25. The lowest BCUT2D eigenvalue weighted by Gasteiger charge is -2.25. The van der Waals surface area contributed by atoms with Crippen LogP contribution in [0.1, 0.15) is 38.5 Å². The van der Waals surface area contributed by atoms with E-state index in [4.69, 9.17) is 17.3 Å². The highest BCUT2D eigenvalue weighted by Crippen LogP contribution is 2.33. The first-order valence-corrected chi connectivity index (χ1v) is 7.56. The zero-order chi connectivity index (χ0) is 12.1. The highest BCUT2D eigenvalue weighted by atomic mass is 35.5. The Balaban J connectivity index is 2.02. The van der Waals surface area contributed by atoms with Gasteiger partial charge in [-0.2, -0.15) is 0 Å². The number of nitrogens with two attached hydrogens (primary N) is 1. The lowest BCUT2D eigenvalue weighted by atomic mass is 9.97. The summed E-state index contributed by atoms with van der Waals surface area (Å²) in [5.41, 5.74) is 6.25. The van der Waals surface area contributed by atoms with Crippen molar-refractivity contribution >= 4 is 23.4 Å². The number of aromatic nitrogens is 1. The molecule has 1 fully saturated rings. The van der Waals surface area contributed by atoms with Gasteiger partial charge in [0.2, 0.25) is 0 Å². The summed E-state index contributed by atoms with van der Waals surface area (Å²) in [6.07, 6.45) is 9.29. The van der Waals surface area contributed by atoms with Gasteiger partial charge in [-0.3, -0.25) is 0 Å². The number of hydrogen-bond donors (Lipinski definition) is 1. The number of pyridine rings is 1. The van der Waals surface area contributed by atoms with E-state index in [-0.39, 0.29) is 6.04 Å². The predicted molar refractivity (Wildman–Crippen MR) is 74.6 cm³/mol. The summed E-state index contributed by atoms with van der Waals surface area (Å²) in [5.74, 6) is 0. The minimum Gasteiger partial charge on any atom is -0.327 e. The van der Waals surface area contributed by atoms with Crippen LogP contribution in [0.3, 0.4) is 0 Å². The van der Waals surface area contributed by atoms with Crippen LogP contribution in [0.5, 0.6) is 0 Å². The SMILES string of the molecule is NC1CCCCCCC1Sc1ncccc1Cl. The van der Waals surface area contributed by atoms with E-state index in [1.165, 1.54) is 32.1 Å². The van der Waals surface area contributed by atoms with Crippen molar-refractivity contribution in [3.8, 4) is 0 Å². The average Bonchev–Trinajstić information content (AvgIpc) is 2.31. The van der Waals surface area contributed by atoms with Crippen molar-refractivity contribution in [3.05, 3.63) is 23.4 Å². The molecule has 2 unspecified atom stereocenters. The summed E-state index contributed by atoms with van der Waals surface area (Å²) in [6, 6.07) is 4.04. The fourth-order valence-electron chi connectivity index (χ4n) is 2.23. The summed E-state index contributed by atoms with van der Waals surface area (Å²) in [4.78, 5) is 4.34. The molecule has 1 saturated carbocycles. The molecule has 2 rings (SSSR count). The van der Waals surface area contributed by atoms with Gasteiger partial charge in [0.05, 0.1) is 5.02 Å². The molecule has 1 aromatic heterocycles. The fourth-order valence-corrected chi connectivity index (χ4v) is 3.67. The van der Waals surface area contributed by atoms with Crippen LogP contribution in [0, 0.1) is 0 Å². The molecule has 0 radical (unpaired) electrons. The van der Waals surface area contributed by atoms with Gasteiger partial charge < -0.3 is 5.73 Å². The molecule has 0 bridgehead atoms. The summed E-state index contributed by atoms with van der Waals surface area (Å²) in [6.45, 7) is 0. The zero-order valence-electron chi connectivity index (χ0n) is 9.94. The van der Waals surface area contributed by atoms with Crippen LogP contribution < -0.4 is 5.73 Å². The molecule has 0 saturated heterocycles. The number of hydrogen-bond acceptors (Lipinski definition) is 3. The molecular formula is C13H19ClN2S. The Morgan fingerprint density at radius 3 is 2.76 bits per heavy atom. The molecule has 2 atom stereocenters. The molecule has 1 aromatic rings. The molecule has 1 heterocycles. The van der Waals surface area contributed by atoms with E-state index in [0.717, 1.165) is 16.5 Å². The van der Waals surface area contributed by atoms with Crippen LogP contribution in [0.25, 0.3) is 0 Å². The quantitative estimate of drug-likeness (QED) is 0.886. The van der Waals surface area contributed by atoms with Crippen LogP contribution in [0.15, 0.2) is 23.4 Å². The molecule has 0 amide bonds. The molecule has 4 heteroatoms. The Hall–Kier alpha value is -0.250.